The van der Waals surface area contributed by atoms with Crippen molar-refractivity contribution in [1.82, 2.24) is 19.4 Å². The first-order valence-electron chi connectivity index (χ1n) is 10.9. The fourth-order valence-corrected chi connectivity index (χ4v) is 5.63. The Morgan fingerprint density at radius 3 is 2.93 bits per heavy atom. The van der Waals surface area contributed by atoms with E-state index in [1.807, 2.05) is 12.1 Å². The molecule has 28 heavy (non-hydrogen) atoms. The van der Waals surface area contributed by atoms with Crippen molar-refractivity contribution in [2.24, 2.45) is 5.92 Å². The maximum Gasteiger partial charge on any atom is 0.221 e. The van der Waals surface area contributed by atoms with Crippen LogP contribution in [0.4, 0.5) is 5.69 Å². The van der Waals surface area contributed by atoms with Crippen LogP contribution in [0.15, 0.2) is 18.2 Å². The van der Waals surface area contributed by atoms with Crippen LogP contribution in [0.2, 0.25) is 0 Å². The Labute approximate surface area is 166 Å². The summed E-state index contributed by atoms with van der Waals surface area (Å²) in [6.07, 6.45) is 6.93. The van der Waals surface area contributed by atoms with Crippen LogP contribution < -0.4 is 5.32 Å². The van der Waals surface area contributed by atoms with Crippen molar-refractivity contribution < 1.29 is 4.79 Å². The summed E-state index contributed by atoms with van der Waals surface area (Å²) in [7, 11) is 0. The van der Waals surface area contributed by atoms with Crippen LogP contribution >= 0.6 is 0 Å². The number of nitrogens with one attached hydrogen (secondary N) is 1. The fourth-order valence-electron chi connectivity index (χ4n) is 5.63. The summed E-state index contributed by atoms with van der Waals surface area (Å²) in [4.78, 5) is 21.6. The summed E-state index contributed by atoms with van der Waals surface area (Å²) in [5, 5.41) is 2.86. The largest absolute Gasteiger partial charge is 0.326 e. The van der Waals surface area contributed by atoms with Gasteiger partial charge in [-0.25, -0.2) is 4.98 Å². The number of aromatic nitrogens is 2. The predicted octanol–water partition coefficient (Wildman–Crippen LogP) is 3.07. The molecule has 0 unspecified atom stereocenters. The molecule has 2 aromatic rings. The van der Waals surface area contributed by atoms with Crippen LogP contribution in [0.25, 0.3) is 11.0 Å². The molecule has 1 aromatic carbocycles. The number of piperidine rings is 2. The lowest BCUT2D eigenvalue weighted by molar-refractivity contribution is -0.114. The number of carbonyl (C=O) groups excluding carboxylic acids is 1. The van der Waals surface area contributed by atoms with Gasteiger partial charge < -0.3 is 14.8 Å². The second-order valence-electron chi connectivity index (χ2n) is 8.80. The van der Waals surface area contributed by atoms with Crippen LogP contribution in [-0.2, 0) is 17.9 Å². The summed E-state index contributed by atoms with van der Waals surface area (Å²) < 4.78 is 2.36. The van der Waals surface area contributed by atoms with Crippen LogP contribution in [0.5, 0.6) is 0 Å². The standard InChI is InChI=1S/C22H31N5O/c1-16(28)23-18-7-8-21-19(13-18)24-22-15-25(11-12-27(21)22)14-17-5-4-10-26-9-3-2-6-20(17)26/h7-8,13,17,20H,2-6,9-12,14-15H2,1H3,(H,23,28)/t17-,20+/m1/s1. The quantitative estimate of drug-likeness (QED) is 0.888. The van der Waals surface area contributed by atoms with E-state index in [1.54, 1.807) is 6.92 Å². The smallest absolute Gasteiger partial charge is 0.221 e. The average Bonchev–Trinajstić information content (AvgIpc) is 3.04. The van der Waals surface area contributed by atoms with E-state index in [0.717, 1.165) is 48.6 Å². The third kappa shape index (κ3) is 3.44. The molecule has 150 valence electrons. The Kier molecular flexibility index (Phi) is 4.85. The van der Waals surface area contributed by atoms with E-state index in [2.05, 4.69) is 25.8 Å². The third-order valence-corrected chi connectivity index (χ3v) is 6.87. The summed E-state index contributed by atoms with van der Waals surface area (Å²) in [6, 6.07) is 6.87. The third-order valence-electron chi connectivity index (χ3n) is 6.87. The Morgan fingerprint density at radius 2 is 2.04 bits per heavy atom. The monoisotopic (exact) mass is 381 g/mol. The van der Waals surface area contributed by atoms with Gasteiger partial charge >= 0.3 is 0 Å². The van der Waals surface area contributed by atoms with Gasteiger partial charge in [-0.05, 0) is 62.9 Å². The summed E-state index contributed by atoms with van der Waals surface area (Å²) in [5.74, 6) is 1.94. The molecule has 5 rings (SSSR count). The molecule has 0 spiro atoms. The van der Waals surface area contributed by atoms with Crippen molar-refractivity contribution >= 4 is 22.6 Å². The number of carbonyl (C=O) groups is 1. The Morgan fingerprint density at radius 1 is 1.14 bits per heavy atom. The first kappa shape index (κ1) is 18.1. The zero-order valence-corrected chi connectivity index (χ0v) is 16.9. The molecule has 2 atom stereocenters. The van der Waals surface area contributed by atoms with Crippen molar-refractivity contribution in [1.29, 1.82) is 0 Å². The number of fused-ring (bicyclic) bond motifs is 4. The molecule has 0 saturated carbocycles. The van der Waals surface area contributed by atoms with Crippen LogP contribution in [0, 0.1) is 5.92 Å². The van der Waals surface area contributed by atoms with Crippen molar-refractivity contribution in [2.75, 3.05) is 31.5 Å². The molecule has 0 radical (unpaired) electrons. The number of benzene rings is 1. The van der Waals surface area contributed by atoms with Crippen LogP contribution in [0.3, 0.4) is 0 Å². The molecular weight excluding hydrogens is 350 g/mol. The van der Waals surface area contributed by atoms with E-state index in [-0.39, 0.29) is 5.91 Å². The maximum atomic E-state index is 11.3. The molecule has 3 aliphatic rings. The van der Waals surface area contributed by atoms with E-state index in [9.17, 15) is 4.79 Å². The van der Waals surface area contributed by atoms with Gasteiger partial charge in [0.05, 0.1) is 17.6 Å². The van der Waals surface area contributed by atoms with E-state index in [1.165, 1.54) is 57.3 Å². The van der Waals surface area contributed by atoms with Gasteiger partial charge in [-0.3, -0.25) is 9.69 Å². The molecule has 0 aliphatic carbocycles. The number of imidazole rings is 1. The zero-order chi connectivity index (χ0) is 19.1. The minimum Gasteiger partial charge on any atom is -0.326 e. The van der Waals surface area contributed by atoms with Gasteiger partial charge in [-0.15, -0.1) is 0 Å². The van der Waals surface area contributed by atoms with Crippen molar-refractivity contribution in [2.45, 2.75) is 58.2 Å². The van der Waals surface area contributed by atoms with Crippen molar-refractivity contribution in [3.05, 3.63) is 24.0 Å². The van der Waals surface area contributed by atoms with Crippen molar-refractivity contribution in [3.8, 4) is 0 Å². The average molecular weight is 382 g/mol. The zero-order valence-electron chi connectivity index (χ0n) is 16.9. The molecule has 1 amide bonds. The highest BCUT2D eigenvalue weighted by Crippen LogP contribution is 2.32. The van der Waals surface area contributed by atoms with E-state index in [0.29, 0.717) is 0 Å². The molecule has 4 heterocycles. The second-order valence-corrected chi connectivity index (χ2v) is 8.80. The molecule has 3 aliphatic heterocycles. The Bertz CT molecular complexity index is 873. The normalized spacial score (nSPS) is 26.0. The molecular formula is C22H31N5O. The number of anilines is 1. The number of nitrogens with zero attached hydrogens (tertiary/aromatic N) is 4. The number of hydrogen-bond donors (Lipinski definition) is 1. The number of hydrogen-bond acceptors (Lipinski definition) is 4. The minimum absolute atomic E-state index is 0.0428. The highest BCUT2D eigenvalue weighted by molar-refractivity contribution is 5.91. The lowest BCUT2D eigenvalue weighted by Gasteiger charge is -2.46. The van der Waals surface area contributed by atoms with Gasteiger partial charge in [0, 0.05) is 38.3 Å². The fraction of sp³-hybridized carbons (Fsp3) is 0.636. The lowest BCUT2D eigenvalue weighted by atomic mass is 9.83. The molecule has 6 nitrogen and oxygen atoms in total. The minimum atomic E-state index is -0.0428. The molecule has 2 saturated heterocycles. The Hall–Kier alpha value is -1.92. The van der Waals surface area contributed by atoms with Crippen LogP contribution in [-0.4, -0.2) is 57.5 Å². The first-order valence-corrected chi connectivity index (χ1v) is 10.9. The van der Waals surface area contributed by atoms with E-state index >= 15 is 0 Å². The molecule has 6 heteroatoms. The maximum absolute atomic E-state index is 11.3. The highest BCUT2D eigenvalue weighted by Gasteiger charge is 2.34. The Balaban J connectivity index is 1.31. The van der Waals surface area contributed by atoms with E-state index < -0.39 is 0 Å². The summed E-state index contributed by atoms with van der Waals surface area (Å²) in [5.41, 5.74) is 2.99. The van der Waals surface area contributed by atoms with Crippen LogP contribution in [0.1, 0.15) is 44.9 Å². The van der Waals surface area contributed by atoms with Gasteiger partial charge in [0.25, 0.3) is 0 Å². The van der Waals surface area contributed by atoms with Gasteiger partial charge in [-0.2, -0.15) is 0 Å². The predicted molar refractivity (Wildman–Crippen MR) is 111 cm³/mol. The molecule has 1 aromatic heterocycles. The molecule has 0 bridgehead atoms. The molecule has 2 fully saturated rings. The second kappa shape index (κ2) is 7.48. The van der Waals surface area contributed by atoms with Gasteiger partial charge in [-0.1, -0.05) is 6.42 Å². The van der Waals surface area contributed by atoms with Gasteiger partial charge in [0.15, 0.2) is 0 Å². The summed E-state index contributed by atoms with van der Waals surface area (Å²) >= 11 is 0. The van der Waals surface area contributed by atoms with Gasteiger partial charge in [0.2, 0.25) is 5.91 Å². The lowest BCUT2D eigenvalue weighted by Crippen LogP contribution is -2.51. The topological polar surface area (TPSA) is 53.4 Å². The van der Waals surface area contributed by atoms with E-state index in [4.69, 9.17) is 4.98 Å². The highest BCUT2D eigenvalue weighted by atomic mass is 16.1. The number of amides is 1. The first-order chi connectivity index (χ1) is 13.7. The number of rotatable bonds is 3. The van der Waals surface area contributed by atoms with Crippen molar-refractivity contribution in [3.63, 3.8) is 0 Å². The SMILES string of the molecule is CC(=O)Nc1ccc2c(c1)nc1n2CCN(C[C@H]2CCCN3CCCC[C@@H]23)C1. The molecule has 1 N–H and O–H groups in total. The summed E-state index contributed by atoms with van der Waals surface area (Å²) in [6.45, 7) is 8.43. The van der Waals surface area contributed by atoms with Gasteiger partial charge in [0.1, 0.15) is 5.82 Å².